The summed E-state index contributed by atoms with van der Waals surface area (Å²) in [6, 6.07) is 8.38. The molecule has 0 spiro atoms. The molecule has 0 aliphatic carbocycles. The van der Waals surface area contributed by atoms with Crippen LogP contribution in [0, 0.1) is 13.8 Å². The zero-order chi connectivity index (χ0) is 17.3. The molecule has 3 rings (SSSR count). The molecule has 0 radical (unpaired) electrons. The average molecular weight is 325 g/mol. The van der Waals surface area contributed by atoms with Crippen LogP contribution in [-0.2, 0) is 6.54 Å². The number of aryl methyl sites for hydroxylation is 2. The average Bonchev–Trinajstić information content (AvgIpc) is 2.78. The highest BCUT2D eigenvalue weighted by molar-refractivity contribution is 6.21. The Bertz CT molecular complexity index is 835. The highest BCUT2D eigenvalue weighted by Crippen LogP contribution is 2.22. The maximum Gasteiger partial charge on any atom is 0.261 e. The molecule has 2 aromatic rings. The predicted molar refractivity (Wildman–Crippen MR) is 89.0 cm³/mol. The van der Waals surface area contributed by atoms with Crippen molar-refractivity contribution in [3.8, 4) is 0 Å². The SMILES string of the molecule is Cc1cc(=O)n(CCCCN2C(=O)c3ccccc3C2=O)c(C)n1. The summed E-state index contributed by atoms with van der Waals surface area (Å²) in [5.41, 5.74) is 1.58. The van der Waals surface area contributed by atoms with Crippen LogP contribution in [0.2, 0.25) is 0 Å². The molecule has 2 amide bonds. The van der Waals surface area contributed by atoms with Gasteiger partial charge in [0.2, 0.25) is 0 Å². The number of carbonyl (C=O) groups excluding carboxylic acids is 2. The lowest BCUT2D eigenvalue weighted by Gasteiger charge is -2.14. The third kappa shape index (κ3) is 2.87. The molecular weight excluding hydrogens is 306 g/mol. The summed E-state index contributed by atoms with van der Waals surface area (Å²) in [5.74, 6) is 0.211. The van der Waals surface area contributed by atoms with Crippen LogP contribution >= 0.6 is 0 Å². The van der Waals surface area contributed by atoms with Crippen molar-refractivity contribution in [1.29, 1.82) is 0 Å². The van der Waals surface area contributed by atoms with Gasteiger partial charge < -0.3 is 0 Å². The van der Waals surface area contributed by atoms with Gasteiger partial charge in [-0.2, -0.15) is 0 Å². The van der Waals surface area contributed by atoms with Gasteiger partial charge in [0.15, 0.2) is 0 Å². The van der Waals surface area contributed by atoms with Crippen molar-refractivity contribution in [3.63, 3.8) is 0 Å². The van der Waals surface area contributed by atoms with Gasteiger partial charge in [-0.1, -0.05) is 12.1 Å². The van der Waals surface area contributed by atoms with E-state index in [1.807, 2.05) is 0 Å². The molecule has 1 aliphatic heterocycles. The number of imide groups is 1. The zero-order valence-corrected chi connectivity index (χ0v) is 13.8. The number of aromatic nitrogens is 2. The second-order valence-corrected chi connectivity index (χ2v) is 5.95. The Morgan fingerprint density at radius 2 is 1.50 bits per heavy atom. The number of rotatable bonds is 5. The van der Waals surface area contributed by atoms with Gasteiger partial charge in [0, 0.05) is 24.8 Å². The molecule has 124 valence electrons. The first-order chi connectivity index (χ1) is 11.5. The first kappa shape index (κ1) is 16.1. The topological polar surface area (TPSA) is 72.3 Å². The van der Waals surface area contributed by atoms with Gasteiger partial charge in [-0.3, -0.25) is 23.9 Å². The Kier molecular flexibility index (Phi) is 4.29. The maximum absolute atomic E-state index is 12.3. The zero-order valence-electron chi connectivity index (χ0n) is 13.8. The minimum atomic E-state index is -0.235. The number of nitrogens with zero attached hydrogens (tertiary/aromatic N) is 3. The summed E-state index contributed by atoms with van der Waals surface area (Å²) in [6.45, 7) is 4.49. The predicted octanol–water partition coefficient (Wildman–Crippen LogP) is 1.94. The minimum Gasteiger partial charge on any atom is -0.297 e. The molecule has 1 aromatic heterocycles. The smallest absolute Gasteiger partial charge is 0.261 e. The number of amides is 2. The molecule has 6 heteroatoms. The first-order valence-corrected chi connectivity index (χ1v) is 7.99. The molecule has 1 aliphatic rings. The highest BCUT2D eigenvalue weighted by Gasteiger charge is 2.34. The number of fused-ring (bicyclic) bond motifs is 1. The summed E-state index contributed by atoms with van der Waals surface area (Å²) < 4.78 is 1.62. The largest absolute Gasteiger partial charge is 0.297 e. The standard InChI is InChI=1S/C18H19N3O3/c1-12-11-16(22)20(13(2)19-12)9-5-6-10-21-17(23)14-7-3-4-8-15(14)18(21)24/h3-4,7-8,11H,5-6,9-10H2,1-2H3. The van der Waals surface area contributed by atoms with E-state index in [-0.39, 0.29) is 17.4 Å². The van der Waals surface area contributed by atoms with Gasteiger partial charge in [0.25, 0.3) is 17.4 Å². The normalized spacial score (nSPS) is 13.5. The number of benzene rings is 1. The molecular formula is C18H19N3O3. The second-order valence-electron chi connectivity index (χ2n) is 5.95. The monoisotopic (exact) mass is 325 g/mol. The molecule has 0 fully saturated rings. The molecule has 1 aromatic carbocycles. The lowest BCUT2D eigenvalue weighted by molar-refractivity contribution is 0.0651. The highest BCUT2D eigenvalue weighted by atomic mass is 16.2. The second kappa shape index (κ2) is 6.39. The van der Waals surface area contributed by atoms with E-state index in [2.05, 4.69) is 4.98 Å². The van der Waals surface area contributed by atoms with E-state index in [0.717, 1.165) is 0 Å². The van der Waals surface area contributed by atoms with Crippen molar-refractivity contribution in [2.24, 2.45) is 0 Å². The van der Waals surface area contributed by atoms with Crippen LogP contribution in [0.4, 0.5) is 0 Å². The van der Waals surface area contributed by atoms with Gasteiger partial charge in [0.05, 0.1) is 11.1 Å². The van der Waals surface area contributed by atoms with E-state index in [1.54, 1.807) is 42.7 Å². The van der Waals surface area contributed by atoms with Crippen LogP contribution in [0.15, 0.2) is 35.1 Å². The van der Waals surface area contributed by atoms with Crippen LogP contribution < -0.4 is 5.56 Å². The Morgan fingerprint density at radius 1 is 0.917 bits per heavy atom. The molecule has 24 heavy (non-hydrogen) atoms. The van der Waals surface area contributed by atoms with E-state index in [1.165, 1.54) is 11.0 Å². The molecule has 2 heterocycles. The van der Waals surface area contributed by atoms with Gasteiger partial charge in [-0.15, -0.1) is 0 Å². The molecule has 0 bridgehead atoms. The van der Waals surface area contributed by atoms with E-state index in [9.17, 15) is 14.4 Å². The summed E-state index contributed by atoms with van der Waals surface area (Å²) >= 11 is 0. The minimum absolute atomic E-state index is 0.0688. The van der Waals surface area contributed by atoms with Crippen molar-refractivity contribution in [1.82, 2.24) is 14.5 Å². The third-order valence-corrected chi connectivity index (χ3v) is 4.22. The van der Waals surface area contributed by atoms with Crippen molar-refractivity contribution >= 4 is 11.8 Å². The third-order valence-electron chi connectivity index (χ3n) is 4.22. The molecule has 6 nitrogen and oxygen atoms in total. The summed E-state index contributed by atoms with van der Waals surface area (Å²) in [5, 5.41) is 0. The maximum atomic E-state index is 12.3. The number of carbonyl (C=O) groups is 2. The van der Waals surface area contributed by atoms with Crippen molar-refractivity contribution in [2.75, 3.05) is 6.54 Å². The molecule has 0 unspecified atom stereocenters. The van der Waals surface area contributed by atoms with E-state index in [0.29, 0.717) is 48.6 Å². The lowest BCUT2D eigenvalue weighted by Crippen LogP contribution is -2.31. The Labute approximate surface area is 139 Å². The van der Waals surface area contributed by atoms with Crippen LogP contribution in [0.3, 0.4) is 0 Å². The summed E-state index contributed by atoms with van der Waals surface area (Å²) in [4.78, 5) is 42.1. The van der Waals surface area contributed by atoms with Gasteiger partial charge >= 0.3 is 0 Å². The Hall–Kier alpha value is -2.76. The number of hydrogen-bond acceptors (Lipinski definition) is 4. The Morgan fingerprint density at radius 3 is 2.08 bits per heavy atom. The van der Waals surface area contributed by atoms with E-state index in [4.69, 9.17) is 0 Å². The Balaban J connectivity index is 1.60. The van der Waals surface area contributed by atoms with Gasteiger partial charge in [-0.05, 0) is 38.8 Å². The molecule has 0 atom stereocenters. The molecule has 0 N–H and O–H groups in total. The van der Waals surface area contributed by atoms with E-state index >= 15 is 0 Å². The van der Waals surface area contributed by atoms with Crippen molar-refractivity contribution in [2.45, 2.75) is 33.2 Å². The van der Waals surface area contributed by atoms with E-state index < -0.39 is 0 Å². The lowest BCUT2D eigenvalue weighted by atomic mass is 10.1. The first-order valence-electron chi connectivity index (χ1n) is 7.99. The van der Waals surface area contributed by atoms with Crippen LogP contribution in [0.1, 0.15) is 45.1 Å². The van der Waals surface area contributed by atoms with Crippen LogP contribution in [-0.4, -0.2) is 32.8 Å². The summed E-state index contributed by atoms with van der Waals surface area (Å²) in [6.07, 6.45) is 1.34. The van der Waals surface area contributed by atoms with Gasteiger partial charge in [0.1, 0.15) is 5.82 Å². The molecule has 0 saturated heterocycles. The fourth-order valence-electron chi connectivity index (χ4n) is 3.02. The number of hydrogen-bond donors (Lipinski definition) is 0. The molecule has 0 saturated carbocycles. The number of unbranched alkanes of at least 4 members (excludes halogenated alkanes) is 1. The van der Waals surface area contributed by atoms with Crippen molar-refractivity contribution < 1.29 is 9.59 Å². The quantitative estimate of drug-likeness (QED) is 0.622. The van der Waals surface area contributed by atoms with Crippen LogP contribution in [0.5, 0.6) is 0 Å². The van der Waals surface area contributed by atoms with Crippen LogP contribution in [0.25, 0.3) is 0 Å². The van der Waals surface area contributed by atoms with Gasteiger partial charge in [-0.25, -0.2) is 4.98 Å². The fraction of sp³-hybridized carbons (Fsp3) is 0.333. The van der Waals surface area contributed by atoms with Crippen molar-refractivity contribution in [3.05, 3.63) is 63.3 Å². The summed E-state index contributed by atoms with van der Waals surface area (Å²) in [7, 11) is 0. The fourth-order valence-corrected chi connectivity index (χ4v) is 3.02.